The van der Waals surface area contributed by atoms with Crippen LogP contribution in [-0.4, -0.2) is 6.54 Å². The summed E-state index contributed by atoms with van der Waals surface area (Å²) in [6, 6.07) is 10.1. The first kappa shape index (κ1) is 14.1. The van der Waals surface area contributed by atoms with E-state index >= 15 is 0 Å². The Labute approximate surface area is 124 Å². The van der Waals surface area contributed by atoms with Crippen molar-refractivity contribution < 1.29 is 0 Å². The fraction of sp³-hybridized carbons (Fsp3) is 0.684. The number of benzene rings is 1. The van der Waals surface area contributed by atoms with Gasteiger partial charge in [0.15, 0.2) is 0 Å². The fourth-order valence-corrected chi connectivity index (χ4v) is 3.99. The predicted octanol–water partition coefficient (Wildman–Crippen LogP) is 5.19. The molecule has 0 radical (unpaired) electrons. The zero-order valence-corrected chi connectivity index (χ0v) is 12.9. The van der Waals surface area contributed by atoms with Crippen LogP contribution in [0.3, 0.4) is 0 Å². The molecular weight excluding hydrogens is 242 g/mol. The quantitative estimate of drug-likeness (QED) is 0.777. The average Bonchev–Trinajstić information content (AvgIpc) is 2.44. The third-order valence-electron chi connectivity index (χ3n) is 5.39. The molecule has 1 N–H and O–H groups in total. The molecule has 2 saturated carbocycles. The van der Waals surface area contributed by atoms with Crippen LogP contribution in [0.1, 0.15) is 81.4 Å². The molecule has 0 saturated heterocycles. The van der Waals surface area contributed by atoms with Crippen LogP contribution < -0.4 is 5.32 Å². The zero-order valence-electron chi connectivity index (χ0n) is 12.9. The molecule has 0 aliphatic heterocycles. The van der Waals surface area contributed by atoms with Gasteiger partial charge >= 0.3 is 0 Å². The highest BCUT2D eigenvalue weighted by Gasteiger charge is 2.26. The van der Waals surface area contributed by atoms with Gasteiger partial charge in [-0.25, -0.2) is 0 Å². The van der Waals surface area contributed by atoms with Gasteiger partial charge in [-0.15, -0.1) is 0 Å². The summed E-state index contributed by atoms with van der Waals surface area (Å²) >= 11 is 0. The molecule has 0 amide bonds. The molecular formula is C19H29N. The Morgan fingerprint density at radius 3 is 2.50 bits per heavy atom. The Morgan fingerprint density at radius 2 is 1.85 bits per heavy atom. The first-order valence-electron chi connectivity index (χ1n) is 8.71. The standard InChI is InChI=1S/C19H29N/c1-2-20-19(16-8-4-3-5-9-16)18-13-7-12-17(14-18)15-10-6-11-15/h7,12-16,19-20H,2-6,8-11H2,1H3. The largest absolute Gasteiger partial charge is 0.310 e. The summed E-state index contributed by atoms with van der Waals surface area (Å²) in [5, 5.41) is 3.77. The van der Waals surface area contributed by atoms with Crippen molar-refractivity contribution in [3.05, 3.63) is 35.4 Å². The Hall–Kier alpha value is -0.820. The number of rotatable bonds is 5. The summed E-state index contributed by atoms with van der Waals surface area (Å²) in [6.07, 6.45) is 11.3. The molecule has 0 heterocycles. The van der Waals surface area contributed by atoms with Crippen molar-refractivity contribution in [1.29, 1.82) is 0 Å². The number of hydrogen-bond acceptors (Lipinski definition) is 1. The number of nitrogens with one attached hydrogen (secondary N) is 1. The van der Waals surface area contributed by atoms with Crippen LogP contribution in [0.5, 0.6) is 0 Å². The van der Waals surface area contributed by atoms with Gasteiger partial charge in [0.1, 0.15) is 0 Å². The highest BCUT2D eigenvalue weighted by atomic mass is 14.9. The molecule has 1 atom stereocenters. The van der Waals surface area contributed by atoms with Crippen LogP contribution in [0, 0.1) is 5.92 Å². The first-order valence-corrected chi connectivity index (χ1v) is 8.71. The van der Waals surface area contributed by atoms with E-state index in [4.69, 9.17) is 0 Å². The molecule has 0 bridgehead atoms. The normalized spacial score (nSPS) is 22.4. The van der Waals surface area contributed by atoms with E-state index in [-0.39, 0.29) is 0 Å². The average molecular weight is 271 g/mol. The van der Waals surface area contributed by atoms with E-state index in [0.717, 1.165) is 18.4 Å². The van der Waals surface area contributed by atoms with Crippen LogP contribution >= 0.6 is 0 Å². The Kier molecular flexibility index (Phi) is 4.77. The molecule has 2 fully saturated rings. The minimum absolute atomic E-state index is 0.584. The second-order valence-electron chi connectivity index (χ2n) is 6.73. The lowest BCUT2D eigenvalue weighted by Crippen LogP contribution is -2.29. The highest BCUT2D eigenvalue weighted by Crippen LogP contribution is 2.39. The van der Waals surface area contributed by atoms with Gasteiger partial charge in [-0.05, 0) is 55.2 Å². The fourth-order valence-electron chi connectivity index (χ4n) is 3.99. The molecule has 0 aromatic heterocycles. The Bertz CT molecular complexity index is 416. The van der Waals surface area contributed by atoms with Gasteiger partial charge in [-0.1, -0.05) is 56.9 Å². The van der Waals surface area contributed by atoms with E-state index in [9.17, 15) is 0 Å². The van der Waals surface area contributed by atoms with Gasteiger partial charge in [0.2, 0.25) is 0 Å². The predicted molar refractivity (Wildman–Crippen MR) is 86.0 cm³/mol. The van der Waals surface area contributed by atoms with E-state index < -0.39 is 0 Å². The summed E-state index contributed by atoms with van der Waals surface area (Å²) in [4.78, 5) is 0. The van der Waals surface area contributed by atoms with E-state index in [2.05, 4.69) is 36.5 Å². The second-order valence-corrected chi connectivity index (χ2v) is 6.73. The Morgan fingerprint density at radius 1 is 1.05 bits per heavy atom. The summed E-state index contributed by atoms with van der Waals surface area (Å²) in [6.45, 7) is 3.32. The number of hydrogen-bond donors (Lipinski definition) is 1. The molecule has 1 aromatic carbocycles. The second kappa shape index (κ2) is 6.76. The minimum atomic E-state index is 0.584. The molecule has 1 nitrogen and oxygen atoms in total. The monoisotopic (exact) mass is 271 g/mol. The van der Waals surface area contributed by atoms with Crippen molar-refractivity contribution in [3.8, 4) is 0 Å². The van der Waals surface area contributed by atoms with Crippen LogP contribution in [-0.2, 0) is 0 Å². The molecule has 3 rings (SSSR count). The molecule has 110 valence electrons. The zero-order chi connectivity index (χ0) is 13.8. The molecule has 2 aliphatic carbocycles. The van der Waals surface area contributed by atoms with Crippen molar-refractivity contribution in [2.75, 3.05) is 6.54 Å². The molecule has 20 heavy (non-hydrogen) atoms. The summed E-state index contributed by atoms with van der Waals surface area (Å²) in [7, 11) is 0. The SMILES string of the molecule is CCNC(c1cccc(C2CCC2)c1)C1CCCCC1. The van der Waals surface area contributed by atoms with Crippen molar-refractivity contribution in [3.63, 3.8) is 0 Å². The van der Waals surface area contributed by atoms with E-state index in [1.54, 1.807) is 11.1 Å². The Balaban J connectivity index is 1.78. The lowest BCUT2D eigenvalue weighted by Gasteiger charge is -2.32. The van der Waals surface area contributed by atoms with Crippen molar-refractivity contribution in [2.24, 2.45) is 5.92 Å². The molecule has 1 unspecified atom stereocenters. The van der Waals surface area contributed by atoms with Gasteiger partial charge in [0.05, 0.1) is 0 Å². The van der Waals surface area contributed by atoms with Crippen LogP contribution in [0.2, 0.25) is 0 Å². The van der Waals surface area contributed by atoms with Gasteiger partial charge in [0, 0.05) is 6.04 Å². The third-order valence-corrected chi connectivity index (χ3v) is 5.39. The van der Waals surface area contributed by atoms with Crippen molar-refractivity contribution in [2.45, 2.75) is 70.3 Å². The topological polar surface area (TPSA) is 12.0 Å². The molecule has 0 spiro atoms. The maximum Gasteiger partial charge on any atom is 0.0348 e. The highest BCUT2D eigenvalue weighted by molar-refractivity contribution is 5.30. The maximum atomic E-state index is 3.77. The lowest BCUT2D eigenvalue weighted by atomic mass is 9.77. The first-order chi connectivity index (χ1) is 9.88. The van der Waals surface area contributed by atoms with E-state index in [0.29, 0.717) is 6.04 Å². The van der Waals surface area contributed by atoms with Gasteiger partial charge < -0.3 is 5.32 Å². The molecule has 2 aliphatic rings. The van der Waals surface area contributed by atoms with Crippen LogP contribution in [0.25, 0.3) is 0 Å². The third kappa shape index (κ3) is 3.09. The summed E-state index contributed by atoms with van der Waals surface area (Å²) in [5.41, 5.74) is 3.13. The van der Waals surface area contributed by atoms with E-state index in [1.807, 2.05) is 0 Å². The smallest absolute Gasteiger partial charge is 0.0348 e. The lowest BCUT2D eigenvalue weighted by molar-refractivity contribution is 0.274. The maximum absolute atomic E-state index is 3.77. The van der Waals surface area contributed by atoms with Crippen LogP contribution in [0.4, 0.5) is 0 Å². The molecule has 1 heteroatoms. The van der Waals surface area contributed by atoms with Gasteiger partial charge in [-0.3, -0.25) is 0 Å². The van der Waals surface area contributed by atoms with Crippen molar-refractivity contribution in [1.82, 2.24) is 5.32 Å². The van der Waals surface area contributed by atoms with Gasteiger partial charge in [-0.2, -0.15) is 0 Å². The van der Waals surface area contributed by atoms with Gasteiger partial charge in [0.25, 0.3) is 0 Å². The minimum Gasteiger partial charge on any atom is -0.310 e. The summed E-state index contributed by atoms with van der Waals surface area (Å²) < 4.78 is 0. The molecule has 1 aromatic rings. The van der Waals surface area contributed by atoms with Crippen LogP contribution in [0.15, 0.2) is 24.3 Å². The summed E-state index contributed by atoms with van der Waals surface area (Å²) in [5.74, 6) is 1.70. The van der Waals surface area contributed by atoms with Crippen molar-refractivity contribution >= 4 is 0 Å². The van der Waals surface area contributed by atoms with E-state index in [1.165, 1.54) is 51.4 Å².